The first-order valence-corrected chi connectivity index (χ1v) is 6.27. The van der Waals surface area contributed by atoms with E-state index in [9.17, 15) is 8.42 Å². The van der Waals surface area contributed by atoms with Crippen LogP contribution in [0.4, 0.5) is 0 Å². The van der Waals surface area contributed by atoms with E-state index in [1.54, 1.807) is 12.1 Å². The van der Waals surface area contributed by atoms with Gasteiger partial charge in [0.15, 0.2) is 0 Å². The third kappa shape index (κ3) is 2.85. The molecule has 0 saturated heterocycles. The van der Waals surface area contributed by atoms with Crippen molar-refractivity contribution in [1.82, 2.24) is 4.72 Å². The fraction of sp³-hybridized carbons (Fsp3) is 0.250. The Hall–Kier alpha value is -0.290. The van der Waals surface area contributed by atoms with Crippen LogP contribution in [0.15, 0.2) is 29.2 Å². The van der Waals surface area contributed by atoms with Crippen LogP contribution in [-0.4, -0.2) is 20.8 Å². The lowest BCUT2D eigenvalue weighted by Gasteiger charge is -2.06. The van der Waals surface area contributed by atoms with Crippen LogP contribution in [-0.2, 0) is 10.0 Å². The Kier molecular flexibility index (Phi) is 4.19. The van der Waals surface area contributed by atoms with Crippen LogP contribution in [0.25, 0.3) is 0 Å². The van der Waals surface area contributed by atoms with Gasteiger partial charge in [-0.3, -0.25) is 0 Å². The Balaban J connectivity index is 2.99. The second kappa shape index (κ2) is 4.98. The van der Waals surface area contributed by atoms with Crippen molar-refractivity contribution in [3.63, 3.8) is 0 Å². The highest BCUT2D eigenvalue weighted by atomic mass is 35.5. The minimum Gasteiger partial charge on any atom is -0.210 e. The van der Waals surface area contributed by atoms with Crippen LogP contribution in [0.1, 0.15) is 0 Å². The zero-order chi connectivity index (χ0) is 10.6. The Bertz CT molecular complexity index is 406. The van der Waals surface area contributed by atoms with Crippen molar-refractivity contribution >= 4 is 33.2 Å². The average Bonchev–Trinajstić information content (AvgIpc) is 2.15. The Labute approximate surface area is 93.1 Å². The number of rotatable bonds is 4. The van der Waals surface area contributed by atoms with Gasteiger partial charge in [0.1, 0.15) is 4.90 Å². The molecular weight excluding hydrogens is 245 g/mol. The molecule has 0 atom stereocenters. The summed E-state index contributed by atoms with van der Waals surface area (Å²) in [6.45, 7) is 0.190. The SMILES string of the molecule is O=S(=O)(NCCCl)c1ccccc1Cl. The van der Waals surface area contributed by atoms with Crippen molar-refractivity contribution in [3.8, 4) is 0 Å². The van der Waals surface area contributed by atoms with Crippen molar-refractivity contribution in [2.45, 2.75) is 4.90 Å². The molecule has 0 spiro atoms. The highest BCUT2D eigenvalue weighted by Gasteiger charge is 2.15. The van der Waals surface area contributed by atoms with E-state index in [0.29, 0.717) is 0 Å². The molecule has 1 N–H and O–H groups in total. The van der Waals surface area contributed by atoms with Crippen molar-refractivity contribution in [1.29, 1.82) is 0 Å². The van der Waals surface area contributed by atoms with Gasteiger partial charge in [-0.15, -0.1) is 11.6 Å². The van der Waals surface area contributed by atoms with Gasteiger partial charge in [0, 0.05) is 12.4 Å². The lowest BCUT2D eigenvalue weighted by atomic mass is 10.4. The van der Waals surface area contributed by atoms with Crippen LogP contribution in [0.3, 0.4) is 0 Å². The van der Waals surface area contributed by atoms with Gasteiger partial charge in [-0.25, -0.2) is 13.1 Å². The molecule has 0 heterocycles. The predicted octanol–water partition coefficient (Wildman–Crippen LogP) is 1.86. The van der Waals surface area contributed by atoms with E-state index in [4.69, 9.17) is 23.2 Å². The highest BCUT2D eigenvalue weighted by Crippen LogP contribution is 2.19. The summed E-state index contributed by atoms with van der Waals surface area (Å²) in [5.41, 5.74) is 0. The molecule has 78 valence electrons. The molecule has 14 heavy (non-hydrogen) atoms. The molecular formula is C8H9Cl2NO2S. The fourth-order valence-electron chi connectivity index (χ4n) is 0.913. The molecule has 0 aliphatic heterocycles. The first-order valence-electron chi connectivity index (χ1n) is 3.88. The van der Waals surface area contributed by atoms with Gasteiger partial charge in [0.05, 0.1) is 5.02 Å². The summed E-state index contributed by atoms with van der Waals surface area (Å²) in [4.78, 5) is 0.0757. The van der Waals surface area contributed by atoms with Gasteiger partial charge in [0.2, 0.25) is 10.0 Å². The van der Waals surface area contributed by atoms with E-state index in [1.165, 1.54) is 12.1 Å². The molecule has 0 fully saturated rings. The third-order valence-electron chi connectivity index (χ3n) is 1.51. The topological polar surface area (TPSA) is 46.2 Å². The zero-order valence-electron chi connectivity index (χ0n) is 7.20. The van der Waals surface area contributed by atoms with Gasteiger partial charge in [-0.2, -0.15) is 0 Å². The number of benzene rings is 1. The van der Waals surface area contributed by atoms with Gasteiger partial charge in [0.25, 0.3) is 0 Å². The summed E-state index contributed by atoms with van der Waals surface area (Å²) in [6, 6.07) is 6.25. The van der Waals surface area contributed by atoms with Crippen molar-refractivity contribution in [2.24, 2.45) is 0 Å². The van der Waals surface area contributed by atoms with Gasteiger partial charge >= 0.3 is 0 Å². The van der Waals surface area contributed by atoms with Gasteiger partial charge < -0.3 is 0 Å². The first kappa shape index (κ1) is 11.8. The summed E-state index contributed by atoms with van der Waals surface area (Å²) in [6.07, 6.45) is 0. The van der Waals surface area contributed by atoms with Gasteiger partial charge in [-0.1, -0.05) is 23.7 Å². The predicted molar refractivity (Wildman–Crippen MR) is 57.4 cm³/mol. The smallest absolute Gasteiger partial charge is 0.210 e. The second-order valence-electron chi connectivity index (χ2n) is 2.52. The number of alkyl halides is 1. The molecule has 0 radical (unpaired) electrons. The van der Waals surface area contributed by atoms with E-state index in [0.717, 1.165) is 0 Å². The minimum atomic E-state index is -3.52. The molecule has 0 aliphatic rings. The quantitative estimate of drug-likeness (QED) is 0.833. The molecule has 0 aromatic heterocycles. The molecule has 3 nitrogen and oxygen atoms in total. The minimum absolute atomic E-state index is 0.0757. The summed E-state index contributed by atoms with van der Waals surface area (Å²) in [7, 11) is -3.52. The zero-order valence-corrected chi connectivity index (χ0v) is 9.53. The maximum absolute atomic E-state index is 11.6. The van der Waals surface area contributed by atoms with Crippen LogP contribution in [0.5, 0.6) is 0 Å². The summed E-state index contributed by atoms with van der Waals surface area (Å²) in [5, 5.41) is 0.203. The summed E-state index contributed by atoms with van der Waals surface area (Å²) >= 11 is 11.1. The number of nitrogens with one attached hydrogen (secondary N) is 1. The molecule has 6 heteroatoms. The van der Waals surface area contributed by atoms with E-state index in [-0.39, 0.29) is 22.3 Å². The van der Waals surface area contributed by atoms with Crippen LogP contribution >= 0.6 is 23.2 Å². The maximum atomic E-state index is 11.6. The van der Waals surface area contributed by atoms with Crippen molar-refractivity contribution < 1.29 is 8.42 Å². The van der Waals surface area contributed by atoms with E-state index >= 15 is 0 Å². The molecule has 0 saturated carbocycles. The highest BCUT2D eigenvalue weighted by molar-refractivity contribution is 7.89. The first-order chi connectivity index (χ1) is 6.58. The lowest BCUT2D eigenvalue weighted by Crippen LogP contribution is -2.25. The number of halogens is 2. The monoisotopic (exact) mass is 253 g/mol. The normalized spacial score (nSPS) is 11.6. The van der Waals surface area contributed by atoms with Gasteiger partial charge in [-0.05, 0) is 12.1 Å². The third-order valence-corrected chi connectivity index (χ3v) is 3.66. The standard InChI is InChI=1S/C8H9Cl2NO2S/c9-5-6-11-14(12,13)8-4-2-1-3-7(8)10/h1-4,11H,5-6H2. The molecule has 0 unspecified atom stereocenters. The Morgan fingerprint density at radius 2 is 1.93 bits per heavy atom. The number of sulfonamides is 1. The number of hydrogen-bond acceptors (Lipinski definition) is 2. The molecule has 1 aromatic rings. The molecule has 1 aromatic carbocycles. The maximum Gasteiger partial charge on any atom is 0.242 e. The fourth-order valence-corrected chi connectivity index (χ4v) is 2.67. The Morgan fingerprint density at radius 1 is 1.29 bits per heavy atom. The molecule has 0 bridgehead atoms. The molecule has 0 aliphatic carbocycles. The lowest BCUT2D eigenvalue weighted by molar-refractivity contribution is 0.584. The van der Waals surface area contributed by atoms with Crippen molar-refractivity contribution in [3.05, 3.63) is 29.3 Å². The van der Waals surface area contributed by atoms with E-state index in [2.05, 4.69) is 4.72 Å². The van der Waals surface area contributed by atoms with E-state index in [1.807, 2.05) is 0 Å². The summed E-state index contributed by atoms with van der Waals surface area (Å²) in [5.74, 6) is 0.226. The van der Waals surface area contributed by atoms with E-state index < -0.39 is 10.0 Å². The average molecular weight is 254 g/mol. The molecule has 1 rings (SSSR count). The van der Waals surface area contributed by atoms with Crippen LogP contribution < -0.4 is 4.72 Å². The van der Waals surface area contributed by atoms with Crippen LogP contribution in [0.2, 0.25) is 5.02 Å². The summed E-state index contributed by atoms with van der Waals surface area (Å²) < 4.78 is 25.4. The molecule has 0 amide bonds. The van der Waals surface area contributed by atoms with Crippen molar-refractivity contribution in [2.75, 3.05) is 12.4 Å². The number of hydrogen-bond donors (Lipinski definition) is 1. The largest absolute Gasteiger partial charge is 0.242 e. The second-order valence-corrected chi connectivity index (χ2v) is 5.04. The Morgan fingerprint density at radius 3 is 2.50 bits per heavy atom. The van der Waals surface area contributed by atoms with Crippen LogP contribution in [0, 0.1) is 0 Å².